The number of benzene rings is 1. The number of nitrogens with zero attached hydrogens (tertiary/aromatic N) is 2. The predicted octanol–water partition coefficient (Wildman–Crippen LogP) is 4.20. The first-order valence-electron chi connectivity index (χ1n) is 11.3. The Balaban J connectivity index is 1.71. The molecule has 0 unspecified atom stereocenters. The molecule has 1 aliphatic rings. The maximum atomic E-state index is 13.3. The molecule has 0 saturated heterocycles. The van der Waals surface area contributed by atoms with Crippen molar-refractivity contribution in [1.29, 1.82) is 0 Å². The third-order valence-electron chi connectivity index (χ3n) is 5.63. The first kappa shape index (κ1) is 23.4. The van der Waals surface area contributed by atoms with Crippen LogP contribution < -0.4 is 5.32 Å². The van der Waals surface area contributed by atoms with E-state index in [9.17, 15) is 14.4 Å². The van der Waals surface area contributed by atoms with Crippen molar-refractivity contribution in [3.05, 3.63) is 59.9 Å². The van der Waals surface area contributed by atoms with E-state index in [1.54, 1.807) is 48.5 Å². The van der Waals surface area contributed by atoms with Gasteiger partial charge in [-0.15, -0.1) is 0 Å². The van der Waals surface area contributed by atoms with Gasteiger partial charge in [0.1, 0.15) is 0 Å². The fourth-order valence-electron chi connectivity index (χ4n) is 3.95. The SMILES string of the molecule is CCOC(=O)CCN(Cc1cccnc1)C(=O)c1cccc(NC(=O)C2CCCCC2)c1. The quantitative estimate of drug-likeness (QED) is 0.594. The number of pyridine rings is 1. The summed E-state index contributed by atoms with van der Waals surface area (Å²) in [5, 5.41) is 2.97. The Hall–Kier alpha value is -3.22. The lowest BCUT2D eigenvalue weighted by Crippen LogP contribution is -2.33. The van der Waals surface area contributed by atoms with Crippen molar-refractivity contribution >= 4 is 23.5 Å². The number of carbonyl (C=O) groups is 3. The molecule has 1 fully saturated rings. The van der Waals surface area contributed by atoms with Crippen LogP contribution in [0.2, 0.25) is 0 Å². The summed E-state index contributed by atoms with van der Waals surface area (Å²) in [5.74, 6) is -0.504. The molecule has 0 radical (unpaired) electrons. The maximum absolute atomic E-state index is 13.3. The standard InChI is InChI=1S/C25H31N3O4/c1-2-32-23(29)13-15-28(18-19-8-7-14-26-17-19)25(31)21-11-6-12-22(16-21)27-24(30)20-9-4-3-5-10-20/h6-8,11-12,14,16-17,20H,2-5,9-10,13,15,18H2,1H3,(H,27,30). The van der Waals surface area contributed by atoms with Gasteiger partial charge in [0.15, 0.2) is 0 Å². The number of nitrogens with one attached hydrogen (secondary N) is 1. The Morgan fingerprint density at radius 2 is 1.94 bits per heavy atom. The van der Waals surface area contributed by atoms with Crippen molar-refractivity contribution in [3.8, 4) is 0 Å². The van der Waals surface area contributed by atoms with E-state index in [1.165, 1.54) is 6.42 Å². The van der Waals surface area contributed by atoms with Gasteiger partial charge in [-0.1, -0.05) is 31.4 Å². The maximum Gasteiger partial charge on any atom is 0.307 e. The number of carbonyl (C=O) groups excluding carboxylic acids is 3. The molecule has 1 aromatic heterocycles. The molecule has 1 N–H and O–H groups in total. The third-order valence-corrected chi connectivity index (χ3v) is 5.63. The number of anilines is 1. The van der Waals surface area contributed by atoms with Crippen LogP contribution in [0.5, 0.6) is 0 Å². The number of hydrogen-bond acceptors (Lipinski definition) is 5. The number of ether oxygens (including phenoxy) is 1. The van der Waals surface area contributed by atoms with Gasteiger partial charge in [-0.25, -0.2) is 0 Å². The minimum Gasteiger partial charge on any atom is -0.466 e. The monoisotopic (exact) mass is 437 g/mol. The second kappa shape index (κ2) is 12.0. The molecule has 1 aliphatic carbocycles. The predicted molar refractivity (Wildman–Crippen MR) is 122 cm³/mol. The highest BCUT2D eigenvalue weighted by Crippen LogP contribution is 2.25. The smallest absolute Gasteiger partial charge is 0.307 e. The molecule has 1 saturated carbocycles. The minimum atomic E-state index is -0.343. The van der Waals surface area contributed by atoms with Crippen LogP contribution in [0.1, 0.15) is 61.4 Å². The van der Waals surface area contributed by atoms with Crippen LogP contribution in [-0.2, 0) is 20.9 Å². The normalized spacial score (nSPS) is 13.9. The summed E-state index contributed by atoms with van der Waals surface area (Å²) >= 11 is 0. The highest BCUT2D eigenvalue weighted by Gasteiger charge is 2.22. The zero-order valence-corrected chi connectivity index (χ0v) is 18.6. The molecule has 2 aromatic rings. The molecule has 0 aliphatic heterocycles. The van der Waals surface area contributed by atoms with Crippen LogP contribution in [0, 0.1) is 5.92 Å². The molecular formula is C25H31N3O4. The Kier molecular flexibility index (Phi) is 8.78. The number of aromatic nitrogens is 1. The van der Waals surface area contributed by atoms with Crippen molar-refractivity contribution in [2.45, 2.75) is 52.0 Å². The average Bonchev–Trinajstić information content (AvgIpc) is 2.83. The fraction of sp³-hybridized carbons (Fsp3) is 0.440. The molecule has 3 rings (SSSR count). The molecule has 2 amide bonds. The van der Waals surface area contributed by atoms with Gasteiger partial charge in [-0.3, -0.25) is 19.4 Å². The molecule has 0 bridgehead atoms. The topological polar surface area (TPSA) is 88.6 Å². The molecule has 170 valence electrons. The number of rotatable bonds is 9. The van der Waals surface area contributed by atoms with Crippen molar-refractivity contribution in [1.82, 2.24) is 9.88 Å². The van der Waals surface area contributed by atoms with Crippen molar-refractivity contribution in [3.63, 3.8) is 0 Å². The Bertz CT molecular complexity index is 910. The summed E-state index contributed by atoms with van der Waals surface area (Å²) in [7, 11) is 0. The molecule has 32 heavy (non-hydrogen) atoms. The summed E-state index contributed by atoms with van der Waals surface area (Å²) in [5.41, 5.74) is 1.93. The molecule has 0 atom stereocenters. The number of amides is 2. The van der Waals surface area contributed by atoms with Crippen LogP contribution >= 0.6 is 0 Å². The summed E-state index contributed by atoms with van der Waals surface area (Å²) in [6, 6.07) is 10.7. The van der Waals surface area contributed by atoms with Gasteiger partial charge in [0.05, 0.1) is 13.0 Å². The van der Waals surface area contributed by atoms with E-state index in [4.69, 9.17) is 4.74 Å². The third kappa shape index (κ3) is 6.90. The van der Waals surface area contributed by atoms with E-state index in [0.717, 1.165) is 31.2 Å². The minimum absolute atomic E-state index is 0.0174. The highest BCUT2D eigenvalue weighted by atomic mass is 16.5. The summed E-state index contributed by atoms with van der Waals surface area (Å²) < 4.78 is 5.01. The molecule has 1 aromatic carbocycles. The van der Waals surface area contributed by atoms with Gasteiger partial charge in [0.25, 0.3) is 5.91 Å². The Labute approximate surface area is 189 Å². The van der Waals surface area contributed by atoms with Crippen LogP contribution in [0.15, 0.2) is 48.8 Å². The van der Waals surface area contributed by atoms with E-state index in [2.05, 4.69) is 10.3 Å². The largest absolute Gasteiger partial charge is 0.466 e. The lowest BCUT2D eigenvalue weighted by atomic mass is 9.88. The second-order valence-corrected chi connectivity index (χ2v) is 8.05. The van der Waals surface area contributed by atoms with Crippen molar-refractivity contribution in [2.75, 3.05) is 18.5 Å². The van der Waals surface area contributed by atoms with Gasteiger partial charge in [-0.2, -0.15) is 0 Å². The summed E-state index contributed by atoms with van der Waals surface area (Å²) in [4.78, 5) is 43.5. The van der Waals surface area contributed by atoms with Gasteiger partial charge in [0.2, 0.25) is 5.91 Å². The van der Waals surface area contributed by atoms with Gasteiger partial charge in [-0.05, 0) is 49.6 Å². The van der Waals surface area contributed by atoms with Crippen molar-refractivity contribution in [2.24, 2.45) is 5.92 Å². The summed E-state index contributed by atoms with van der Waals surface area (Å²) in [6.07, 6.45) is 8.66. The first-order valence-corrected chi connectivity index (χ1v) is 11.3. The van der Waals surface area contributed by atoms with Crippen molar-refractivity contribution < 1.29 is 19.1 Å². The molecule has 0 spiro atoms. The summed E-state index contributed by atoms with van der Waals surface area (Å²) in [6.45, 7) is 2.61. The van der Waals surface area contributed by atoms with E-state index in [-0.39, 0.29) is 36.7 Å². The van der Waals surface area contributed by atoms with Crippen LogP contribution in [0.4, 0.5) is 5.69 Å². The Morgan fingerprint density at radius 3 is 2.66 bits per heavy atom. The zero-order valence-electron chi connectivity index (χ0n) is 18.6. The van der Waals surface area contributed by atoms with Gasteiger partial charge >= 0.3 is 5.97 Å². The highest BCUT2D eigenvalue weighted by molar-refractivity contribution is 5.97. The molecule has 7 nitrogen and oxygen atoms in total. The molecule has 1 heterocycles. The fourth-order valence-corrected chi connectivity index (χ4v) is 3.95. The second-order valence-electron chi connectivity index (χ2n) is 8.05. The van der Waals surface area contributed by atoms with E-state index in [0.29, 0.717) is 24.4 Å². The number of esters is 1. The van der Waals surface area contributed by atoms with Gasteiger partial charge in [0, 0.05) is 42.7 Å². The van der Waals surface area contributed by atoms with E-state index in [1.807, 2.05) is 12.1 Å². The Morgan fingerprint density at radius 1 is 1.12 bits per heavy atom. The van der Waals surface area contributed by atoms with E-state index < -0.39 is 0 Å². The van der Waals surface area contributed by atoms with E-state index >= 15 is 0 Å². The van der Waals surface area contributed by atoms with Gasteiger partial charge < -0.3 is 15.0 Å². The van der Waals surface area contributed by atoms with Crippen LogP contribution in [0.3, 0.4) is 0 Å². The zero-order chi connectivity index (χ0) is 22.8. The molecular weight excluding hydrogens is 406 g/mol. The lowest BCUT2D eigenvalue weighted by molar-refractivity contribution is -0.143. The first-order chi connectivity index (χ1) is 15.6. The number of hydrogen-bond donors (Lipinski definition) is 1. The molecule has 7 heteroatoms. The van der Waals surface area contributed by atoms with Crippen LogP contribution in [-0.4, -0.2) is 40.8 Å². The average molecular weight is 438 g/mol. The lowest BCUT2D eigenvalue weighted by Gasteiger charge is -2.23. The van der Waals surface area contributed by atoms with Crippen LogP contribution in [0.25, 0.3) is 0 Å².